The third kappa shape index (κ3) is 3.34. The Bertz CT molecular complexity index is 933. The van der Waals surface area contributed by atoms with Gasteiger partial charge in [0.1, 0.15) is 11.6 Å². The number of imidazole rings is 1. The van der Waals surface area contributed by atoms with Crippen molar-refractivity contribution < 1.29 is 13.5 Å². The van der Waals surface area contributed by atoms with E-state index < -0.39 is 11.6 Å². The second kappa shape index (κ2) is 6.90. The number of rotatable bonds is 4. The van der Waals surface area contributed by atoms with Crippen molar-refractivity contribution in [1.29, 1.82) is 0 Å². The summed E-state index contributed by atoms with van der Waals surface area (Å²) in [6.07, 6.45) is 8.62. The van der Waals surface area contributed by atoms with Gasteiger partial charge in [-0.05, 0) is 50.3 Å². The third-order valence-corrected chi connectivity index (χ3v) is 4.79. The molecule has 26 heavy (non-hydrogen) atoms. The van der Waals surface area contributed by atoms with Crippen molar-refractivity contribution in [3.63, 3.8) is 0 Å². The van der Waals surface area contributed by atoms with Gasteiger partial charge in [0.2, 0.25) is 0 Å². The zero-order valence-electron chi connectivity index (χ0n) is 14.6. The molecule has 1 aliphatic carbocycles. The summed E-state index contributed by atoms with van der Waals surface area (Å²) >= 11 is 0. The molecule has 0 saturated heterocycles. The smallest absolute Gasteiger partial charge is 0.161 e. The van der Waals surface area contributed by atoms with Crippen LogP contribution in [-0.2, 0) is 0 Å². The molecule has 1 aliphatic rings. The van der Waals surface area contributed by atoms with E-state index in [1.165, 1.54) is 12.8 Å². The van der Waals surface area contributed by atoms with Crippen molar-refractivity contribution in [2.75, 3.05) is 0 Å². The van der Waals surface area contributed by atoms with Gasteiger partial charge in [-0.25, -0.2) is 13.8 Å². The predicted molar refractivity (Wildman–Crippen MR) is 99.0 cm³/mol. The van der Waals surface area contributed by atoms with E-state index in [2.05, 4.69) is 9.97 Å². The van der Waals surface area contributed by atoms with Gasteiger partial charge in [-0.1, -0.05) is 18.2 Å². The number of para-hydroxylation sites is 1. The van der Waals surface area contributed by atoms with Crippen LogP contribution in [0.4, 0.5) is 8.78 Å². The van der Waals surface area contributed by atoms with Crippen LogP contribution in [0.5, 0.6) is 5.75 Å². The van der Waals surface area contributed by atoms with E-state index in [9.17, 15) is 8.78 Å². The summed E-state index contributed by atoms with van der Waals surface area (Å²) in [5.74, 6) is -0.352. The van der Waals surface area contributed by atoms with E-state index in [4.69, 9.17) is 4.74 Å². The largest absolute Gasteiger partial charge is 0.490 e. The maximum Gasteiger partial charge on any atom is 0.161 e. The maximum atomic E-state index is 13.3. The highest BCUT2D eigenvalue weighted by atomic mass is 19.2. The first kappa shape index (κ1) is 16.8. The van der Waals surface area contributed by atoms with Gasteiger partial charge < -0.3 is 9.72 Å². The van der Waals surface area contributed by atoms with E-state index in [0.29, 0.717) is 16.9 Å². The number of hydrogen-bond acceptors (Lipinski definition) is 2. The van der Waals surface area contributed by atoms with Gasteiger partial charge in [-0.2, -0.15) is 0 Å². The number of fused-ring (bicyclic) bond motifs is 1. The molecular formula is C21H20F2N2O. The number of aromatic amines is 1. The van der Waals surface area contributed by atoms with E-state index in [-0.39, 0.29) is 6.10 Å². The Morgan fingerprint density at radius 1 is 1.12 bits per heavy atom. The maximum absolute atomic E-state index is 13.3. The van der Waals surface area contributed by atoms with Gasteiger partial charge in [0.15, 0.2) is 11.6 Å². The zero-order chi connectivity index (χ0) is 18.1. The first-order chi connectivity index (χ1) is 12.6. The molecule has 1 N–H and O–H groups in total. The topological polar surface area (TPSA) is 37.9 Å². The molecular weight excluding hydrogens is 334 g/mol. The fourth-order valence-corrected chi connectivity index (χ4v) is 3.41. The van der Waals surface area contributed by atoms with E-state index in [1.807, 2.05) is 31.2 Å². The summed E-state index contributed by atoms with van der Waals surface area (Å²) in [6, 6.07) is 8.24. The highest BCUT2D eigenvalue weighted by molar-refractivity contribution is 5.79. The van der Waals surface area contributed by atoms with Crippen LogP contribution in [0.15, 0.2) is 30.3 Å². The van der Waals surface area contributed by atoms with Gasteiger partial charge in [-0.3, -0.25) is 0 Å². The minimum atomic E-state index is -0.898. The first-order valence-corrected chi connectivity index (χ1v) is 8.89. The normalized spacial score (nSPS) is 15.3. The number of aromatic nitrogens is 2. The van der Waals surface area contributed by atoms with Crippen LogP contribution in [0, 0.1) is 18.6 Å². The molecule has 3 aromatic rings. The molecule has 0 atom stereocenters. The SMILES string of the molecule is Cc1cccc(/C=C/c2nc3cc(F)c(F)cc3[nH]2)c1OC1CCCC1. The molecule has 134 valence electrons. The lowest BCUT2D eigenvalue weighted by atomic mass is 10.1. The van der Waals surface area contributed by atoms with Gasteiger partial charge in [0.25, 0.3) is 0 Å². The van der Waals surface area contributed by atoms with Crippen molar-refractivity contribution in [3.05, 3.63) is 58.9 Å². The van der Waals surface area contributed by atoms with Crippen LogP contribution in [0.2, 0.25) is 0 Å². The summed E-state index contributed by atoms with van der Waals surface area (Å²) in [6.45, 7) is 2.04. The number of ether oxygens (including phenoxy) is 1. The highest BCUT2D eigenvalue weighted by Crippen LogP contribution is 2.30. The minimum absolute atomic E-state index is 0.278. The number of hydrogen-bond donors (Lipinski definition) is 1. The molecule has 0 spiro atoms. The number of aryl methyl sites for hydroxylation is 1. The monoisotopic (exact) mass is 354 g/mol. The lowest BCUT2D eigenvalue weighted by Gasteiger charge is -2.17. The second-order valence-electron chi connectivity index (χ2n) is 6.76. The molecule has 1 heterocycles. The summed E-state index contributed by atoms with van der Waals surface area (Å²) in [5, 5.41) is 0. The number of nitrogens with zero attached hydrogens (tertiary/aromatic N) is 1. The molecule has 0 unspecified atom stereocenters. The van der Waals surface area contributed by atoms with Crippen molar-refractivity contribution in [2.45, 2.75) is 38.7 Å². The summed E-state index contributed by atoms with van der Waals surface area (Å²) in [4.78, 5) is 7.29. The highest BCUT2D eigenvalue weighted by Gasteiger charge is 2.18. The van der Waals surface area contributed by atoms with Gasteiger partial charge in [-0.15, -0.1) is 0 Å². The lowest BCUT2D eigenvalue weighted by Crippen LogP contribution is -2.12. The molecule has 0 amide bonds. The minimum Gasteiger partial charge on any atom is -0.490 e. The van der Waals surface area contributed by atoms with Crippen LogP contribution in [0.25, 0.3) is 23.2 Å². The molecule has 5 heteroatoms. The second-order valence-corrected chi connectivity index (χ2v) is 6.76. The molecule has 1 aromatic heterocycles. The molecule has 0 aliphatic heterocycles. The Hall–Kier alpha value is -2.69. The molecule has 0 radical (unpaired) electrons. The summed E-state index contributed by atoms with van der Waals surface area (Å²) < 4.78 is 32.9. The summed E-state index contributed by atoms with van der Waals surface area (Å²) in [7, 11) is 0. The van der Waals surface area contributed by atoms with Crippen molar-refractivity contribution in [2.24, 2.45) is 0 Å². The van der Waals surface area contributed by atoms with E-state index in [1.54, 1.807) is 6.08 Å². The number of nitrogens with one attached hydrogen (secondary N) is 1. The molecule has 3 nitrogen and oxygen atoms in total. The number of H-pyrrole nitrogens is 1. The van der Waals surface area contributed by atoms with E-state index in [0.717, 1.165) is 41.9 Å². The first-order valence-electron chi connectivity index (χ1n) is 8.89. The molecule has 4 rings (SSSR count). The Balaban J connectivity index is 1.63. The van der Waals surface area contributed by atoms with Crippen molar-refractivity contribution in [3.8, 4) is 5.75 Å². The molecule has 1 saturated carbocycles. The average Bonchev–Trinajstić information content (AvgIpc) is 3.25. The standard InChI is InChI=1S/C21H20F2N2O/c1-13-5-4-6-14(21(13)26-15-7-2-3-8-15)9-10-20-24-18-11-16(22)17(23)12-19(18)25-20/h4-6,9-12,15H,2-3,7-8H2,1H3,(H,24,25)/b10-9+. The van der Waals surface area contributed by atoms with E-state index >= 15 is 0 Å². The third-order valence-electron chi connectivity index (χ3n) is 4.79. The van der Waals surface area contributed by atoms with Crippen molar-refractivity contribution >= 4 is 23.2 Å². The summed E-state index contributed by atoms with van der Waals surface area (Å²) in [5.41, 5.74) is 2.92. The Labute approximate surface area is 150 Å². The molecule has 2 aromatic carbocycles. The molecule has 1 fully saturated rings. The van der Waals surface area contributed by atoms with Crippen LogP contribution in [-0.4, -0.2) is 16.1 Å². The van der Waals surface area contributed by atoms with Crippen LogP contribution >= 0.6 is 0 Å². The Morgan fingerprint density at radius 3 is 2.69 bits per heavy atom. The van der Waals surface area contributed by atoms with Crippen LogP contribution in [0.3, 0.4) is 0 Å². The predicted octanol–water partition coefficient (Wildman–Crippen LogP) is 5.64. The molecule has 0 bridgehead atoms. The van der Waals surface area contributed by atoms with Gasteiger partial charge in [0.05, 0.1) is 17.1 Å². The van der Waals surface area contributed by atoms with Crippen LogP contribution < -0.4 is 4.74 Å². The zero-order valence-corrected chi connectivity index (χ0v) is 14.6. The quantitative estimate of drug-likeness (QED) is 0.658. The lowest BCUT2D eigenvalue weighted by molar-refractivity contribution is 0.208. The van der Waals surface area contributed by atoms with Gasteiger partial charge >= 0.3 is 0 Å². The number of benzene rings is 2. The fraction of sp³-hybridized carbons (Fsp3) is 0.286. The number of halogens is 2. The fourth-order valence-electron chi connectivity index (χ4n) is 3.41. The Kier molecular flexibility index (Phi) is 4.45. The van der Waals surface area contributed by atoms with Gasteiger partial charge in [0, 0.05) is 17.7 Å². The Morgan fingerprint density at radius 2 is 1.88 bits per heavy atom. The van der Waals surface area contributed by atoms with Crippen molar-refractivity contribution in [1.82, 2.24) is 9.97 Å². The van der Waals surface area contributed by atoms with Crippen LogP contribution in [0.1, 0.15) is 42.6 Å². The average molecular weight is 354 g/mol.